The summed E-state index contributed by atoms with van der Waals surface area (Å²) >= 11 is 1.39. The third-order valence-electron chi connectivity index (χ3n) is 4.01. The molecule has 1 amide bonds. The molecule has 2 aromatic rings. The first-order valence-electron chi connectivity index (χ1n) is 8.49. The van der Waals surface area contributed by atoms with Gasteiger partial charge in [0, 0.05) is 19.6 Å². The van der Waals surface area contributed by atoms with Crippen molar-refractivity contribution >= 4 is 23.6 Å². The number of nitrogens with zero attached hydrogens (tertiary/aromatic N) is 4. The Morgan fingerprint density at radius 1 is 1.36 bits per heavy atom. The molecular formula is C17H23N5O2S. The molecule has 134 valence electrons. The molecular weight excluding hydrogens is 338 g/mol. The van der Waals surface area contributed by atoms with Crippen LogP contribution in [0.4, 0.5) is 5.95 Å². The van der Waals surface area contributed by atoms with Crippen LogP contribution in [0.1, 0.15) is 25.0 Å². The highest BCUT2D eigenvalue weighted by molar-refractivity contribution is 7.99. The van der Waals surface area contributed by atoms with Gasteiger partial charge in [0.1, 0.15) is 5.76 Å². The van der Waals surface area contributed by atoms with Crippen LogP contribution in [0.15, 0.2) is 40.6 Å². The molecule has 1 N–H and O–H groups in total. The molecule has 2 aromatic heterocycles. The van der Waals surface area contributed by atoms with Gasteiger partial charge < -0.3 is 14.6 Å². The molecule has 3 heterocycles. The molecule has 0 unspecified atom stereocenters. The van der Waals surface area contributed by atoms with Crippen LogP contribution in [0, 0.1) is 0 Å². The van der Waals surface area contributed by atoms with E-state index in [0.717, 1.165) is 30.0 Å². The number of furan rings is 1. The predicted molar refractivity (Wildman–Crippen MR) is 97.8 cm³/mol. The molecule has 0 saturated carbocycles. The highest BCUT2D eigenvalue weighted by Crippen LogP contribution is 2.25. The van der Waals surface area contributed by atoms with Crippen LogP contribution in [0.3, 0.4) is 0 Å². The molecule has 0 spiro atoms. The second-order valence-electron chi connectivity index (χ2n) is 5.88. The summed E-state index contributed by atoms with van der Waals surface area (Å²) in [5, 5.41) is 12.2. The zero-order valence-electron chi connectivity index (χ0n) is 14.2. The maximum Gasteiger partial charge on any atom is 0.230 e. The van der Waals surface area contributed by atoms with E-state index in [4.69, 9.17) is 4.42 Å². The Labute approximate surface area is 151 Å². The Balaban J connectivity index is 1.75. The summed E-state index contributed by atoms with van der Waals surface area (Å²) in [5.74, 6) is 1.95. The normalized spacial score (nSPS) is 14.5. The first kappa shape index (κ1) is 17.6. The van der Waals surface area contributed by atoms with Gasteiger partial charge in [0.15, 0.2) is 5.16 Å². The molecule has 0 aromatic carbocycles. The van der Waals surface area contributed by atoms with Crippen molar-refractivity contribution < 1.29 is 9.21 Å². The highest BCUT2D eigenvalue weighted by Gasteiger charge is 2.21. The molecule has 0 aliphatic carbocycles. The molecule has 7 nitrogen and oxygen atoms in total. The molecule has 0 atom stereocenters. The van der Waals surface area contributed by atoms with Gasteiger partial charge in [-0.25, -0.2) is 0 Å². The van der Waals surface area contributed by atoms with Crippen LogP contribution < -0.4 is 10.2 Å². The van der Waals surface area contributed by atoms with E-state index in [1.54, 1.807) is 12.3 Å². The number of amides is 1. The van der Waals surface area contributed by atoms with E-state index < -0.39 is 0 Å². The monoisotopic (exact) mass is 361 g/mol. The Kier molecular flexibility index (Phi) is 6.16. The van der Waals surface area contributed by atoms with Crippen LogP contribution in [0.2, 0.25) is 0 Å². The third kappa shape index (κ3) is 4.66. The molecule has 3 rings (SSSR count). The summed E-state index contributed by atoms with van der Waals surface area (Å²) in [5.41, 5.74) is 0. The number of nitrogens with one attached hydrogen (secondary N) is 1. The topological polar surface area (TPSA) is 76.2 Å². The van der Waals surface area contributed by atoms with Gasteiger partial charge in [-0.3, -0.25) is 9.36 Å². The van der Waals surface area contributed by atoms with Gasteiger partial charge in [0.05, 0.1) is 18.6 Å². The van der Waals surface area contributed by atoms with E-state index in [0.29, 0.717) is 18.8 Å². The van der Waals surface area contributed by atoms with Gasteiger partial charge >= 0.3 is 0 Å². The maximum absolute atomic E-state index is 11.8. The second-order valence-corrected chi connectivity index (χ2v) is 6.82. The van der Waals surface area contributed by atoms with E-state index in [2.05, 4.69) is 27.0 Å². The van der Waals surface area contributed by atoms with Crippen molar-refractivity contribution in [2.75, 3.05) is 30.3 Å². The Morgan fingerprint density at radius 3 is 2.92 bits per heavy atom. The second kappa shape index (κ2) is 8.75. The molecule has 1 aliphatic rings. The van der Waals surface area contributed by atoms with Crippen molar-refractivity contribution in [3.05, 3.63) is 36.8 Å². The summed E-state index contributed by atoms with van der Waals surface area (Å²) in [4.78, 5) is 14.1. The van der Waals surface area contributed by atoms with Crippen molar-refractivity contribution in [3.8, 4) is 0 Å². The summed E-state index contributed by atoms with van der Waals surface area (Å²) in [7, 11) is 0. The maximum atomic E-state index is 11.8. The van der Waals surface area contributed by atoms with Crippen LogP contribution in [0.5, 0.6) is 0 Å². The fraction of sp³-hybridized carbons (Fsp3) is 0.471. The number of thioether (sulfide) groups is 1. The fourth-order valence-electron chi connectivity index (χ4n) is 2.78. The smallest absolute Gasteiger partial charge is 0.230 e. The minimum Gasteiger partial charge on any atom is -0.467 e. The number of hydrogen-bond donors (Lipinski definition) is 1. The average molecular weight is 361 g/mol. The first-order valence-corrected chi connectivity index (χ1v) is 9.47. The summed E-state index contributed by atoms with van der Waals surface area (Å²) in [6.45, 7) is 6.60. The lowest BCUT2D eigenvalue weighted by molar-refractivity contribution is -0.118. The van der Waals surface area contributed by atoms with Gasteiger partial charge in [-0.05, 0) is 31.4 Å². The predicted octanol–water partition coefficient (Wildman–Crippen LogP) is 2.30. The van der Waals surface area contributed by atoms with Gasteiger partial charge in [-0.2, -0.15) is 0 Å². The van der Waals surface area contributed by atoms with E-state index in [1.165, 1.54) is 31.0 Å². The molecule has 1 saturated heterocycles. The minimum absolute atomic E-state index is 0.0445. The fourth-order valence-corrected chi connectivity index (χ4v) is 3.54. The summed E-state index contributed by atoms with van der Waals surface area (Å²) in [6, 6.07) is 3.81. The van der Waals surface area contributed by atoms with Gasteiger partial charge in [-0.1, -0.05) is 17.8 Å². The van der Waals surface area contributed by atoms with Crippen molar-refractivity contribution in [3.63, 3.8) is 0 Å². The highest BCUT2D eigenvalue weighted by atomic mass is 32.2. The molecule has 8 heteroatoms. The van der Waals surface area contributed by atoms with Gasteiger partial charge in [0.2, 0.25) is 11.9 Å². The Hall–Kier alpha value is -2.22. The lowest BCUT2D eigenvalue weighted by Crippen LogP contribution is -2.32. The number of piperidine rings is 1. The minimum atomic E-state index is -0.0445. The zero-order chi connectivity index (χ0) is 17.5. The molecule has 0 radical (unpaired) electrons. The number of anilines is 1. The molecule has 1 aliphatic heterocycles. The van der Waals surface area contributed by atoms with Crippen LogP contribution in [-0.4, -0.2) is 46.1 Å². The number of carbonyl (C=O) groups is 1. The molecule has 25 heavy (non-hydrogen) atoms. The van der Waals surface area contributed by atoms with Crippen LogP contribution in [-0.2, 0) is 11.3 Å². The van der Waals surface area contributed by atoms with Crippen molar-refractivity contribution in [2.24, 2.45) is 0 Å². The lowest BCUT2D eigenvalue weighted by Gasteiger charge is -2.27. The number of rotatable bonds is 8. The molecule has 0 bridgehead atoms. The first-order chi connectivity index (χ1) is 12.3. The Bertz CT molecular complexity index is 692. The van der Waals surface area contributed by atoms with Crippen molar-refractivity contribution in [1.82, 2.24) is 20.1 Å². The summed E-state index contributed by atoms with van der Waals surface area (Å²) < 4.78 is 7.53. The average Bonchev–Trinajstić information content (AvgIpc) is 3.29. The van der Waals surface area contributed by atoms with E-state index in [9.17, 15) is 4.79 Å². The summed E-state index contributed by atoms with van der Waals surface area (Å²) in [6.07, 6.45) is 6.92. The standard InChI is InChI=1S/C17H23N5O2S/c1-2-8-18-15(23)13-25-17-20-19-16(21-9-4-3-5-10-21)22(17)12-14-7-6-11-24-14/h2,6-7,11H,1,3-5,8-10,12-13H2,(H,18,23). The van der Waals surface area contributed by atoms with Crippen molar-refractivity contribution in [1.29, 1.82) is 0 Å². The quantitative estimate of drug-likeness (QED) is 0.574. The Morgan fingerprint density at radius 2 is 2.20 bits per heavy atom. The molecule has 1 fully saturated rings. The number of hydrogen-bond acceptors (Lipinski definition) is 6. The number of carbonyl (C=O) groups excluding carboxylic acids is 1. The van der Waals surface area contributed by atoms with Crippen LogP contribution >= 0.6 is 11.8 Å². The third-order valence-corrected chi connectivity index (χ3v) is 4.97. The van der Waals surface area contributed by atoms with Gasteiger partial charge in [-0.15, -0.1) is 16.8 Å². The largest absolute Gasteiger partial charge is 0.467 e. The lowest BCUT2D eigenvalue weighted by atomic mass is 10.1. The van der Waals surface area contributed by atoms with Gasteiger partial charge in [0.25, 0.3) is 0 Å². The van der Waals surface area contributed by atoms with Crippen molar-refractivity contribution in [2.45, 2.75) is 31.0 Å². The number of aromatic nitrogens is 3. The van der Waals surface area contributed by atoms with Crippen LogP contribution in [0.25, 0.3) is 0 Å². The van der Waals surface area contributed by atoms with E-state index >= 15 is 0 Å². The SMILES string of the molecule is C=CCNC(=O)CSc1nnc(N2CCCCC2)n1Cc1ccco1. The zero-order valence-corrected chi connectivity index (χ0v) is 15.0. The van der Waals surface area contributed by atoms with E-state index in [-0.39, 0.29) is 5.91 Å². The van der Waals surface area contributed by atoms with E-state index in [1.807, 2.05) is 16.7 Å².